The second-order valence-corrected chi connectivity index (χ2v) is 7.98. The topological polar surface area (TPSA) is 90.4 Å². The zero-order chi connectivity index (χ0) is 22.4. The van der Waals surface area contributed by atoms with E-state index in [0.717, 1.165) is 4.90 Å². The number of benzene rings is 1. The van der Waals surface area contributed by atoms with Gasteiger partial charge in [-0.1, -0.05) is 50.3 Å². The summed E-state index contributed by atoms with van der Waals surface area (Å²) in [6.45, 7) is 6.11. The minimum Gasteiger partial charge on any atom is -0.386 e. The van der Waals surface area contributed by atoms with Crippen LogP contribution in [0.4, 0.5) is 13.2 Å². The number of carbonyl (C=O) groups excluding carboxylic acids is 1. The molecule has 1 amide bonds. The van der Waals surface area contributed by atoms with Crippen molar-refractivity contribution in [3.63, 3.8) is 0 Å². The van der Waals surface area contributed by atoms with Crippen LogP contribution in [-0.4, -0.2) is 40.3 Å². The van der Waals surface area contributed by atoms with Crippen LogP contribution in [0.15, 0.2) is 30.3 Å². The highest BCUT2D eigenvalue weighted by Gasteiger charge is 2.47. The second kappa shape index (κ2) is 9.90. The van der Waals surface area contributed by atoms with E-state index in [-0.39, 0.29) is 17.9 Å². The lowest BCUT2D eigenvalue weighted by molar-refractivity contribution is -0.192. The number of nitrogens with two attached hydrogens (primary N) is 1. The zero-order valence-electron chi connectivity index (χ0n) is 17.1. The number of amides is 1. The van der Waals surface area contributed by atoms with Gasteiger partial charge in [0, 0.05) is 0 Å². The van der Waals surface area contributed by atoms with Crippen LogP contribution in [0, 0.1) is 17.2 Å². The molecule has 0 aliphatic rings. The lowest BCUT2D eigenvalue weighted by atomic mass is 9.96. The fourth-order valence-corrected chi connectivity index (χ4v) is 2.98. The standard InChI is InChI=1S/C21H28F3N3O2/c1-14(2)13-17(19(26)28)27(12-11-25)18(21(22,23)24)16-7-5-15(6-8-16)9-10-20(3,4)29/h5-10,14,17-18,29H,12-13H2,1-4H3,(H2,26,28)/b10-9+/t17-,18-/m0/s1. The minimum atomic E-state index is -4.72. The Bertz CT molecular complexity index is 744. The van der Waals surface area contributed by atoms with Gasteiger partial charge in [0.2, 0.25) is 5.91 Å². The van der Waals surface area contributed by atoms with Gasteiger partial charge in [-0.05, 0) is 37.3 Å². The van der Waals surface area contributed by atoms with E-state index >= 15 is 0 Å². The Morgan fingerprint density at radius 1 is 1.28 bits per heavy atom. The van der Waals surface area contributed by atoms with Crippen molar-refractivity contribution in [1.29, 1.82) is 5.26 Å². The van der Waals surface area contributed by atoms with E-state index in [1.807, 2.05) is 0 Å². The number of alkyl halides is 3. The number of halogens is 3. The van der Waals surface area contributed by atoms with Crippen LogP contribution < -0.4 is 5.73 Å². The lowest BCUT2D eigenvalue weighted by Crippen LogP contribution is -2.51. The first-order valence-electron chi connectivity index (χ1n) is 9.26. The maximum atomic E-state index is 14.0. The number of aliphatic hydroxyl groups is 1. The molecule has 0 aromatic heterocycles. The molecule has 3 N–H and O–H groups in total. The Kier molecular flexibility index (Phi) is 8.42. The SMILES string of the molecule is CC(C)C[C@@H](C(N)=O)N(CC#N)[C@@H](c1ccc(/C=C/C(C)(C)O)cc1)C(F)(F)F. The number of rotatable bonds is 9. The number of carbonyl (C=O) groups is 1. The van der Waals surface area contributed by atoms with Gasteiger partial charge in [-0.3, -0.25) is 9.69 Å². The summed E-state index contributed by atoms with van der Waals surface area (Å²) in [5.74, 6) is -0.982. The molecule has 29 heavy (non-hydrogen) atoms. The van der Waals surface area contributed by atoms with E-state index in [9.17, 15) is 23.1 Å². The monoisotopic (exact) mass is 411 g/mol. The van der Waals surface area contributed by atoms with Crippen LogP contribution in [0.3, 0.4) is 0 Å². The van der Waals surface area contributed by atoms with E-state index in [1.165, 1.54) is 30.3 Å². The highest BCUT2D eigenvalue weighted by molar-refractivity contribution is 5.80. The molecule has 1 rings (SSSR count). The molecular weight excluding hydrogens is 383 g/mol. The number of hydrogen-bond acceptors (Lipinski definition) is 4. The number of primary amides is 1. The van der Waals surface area contributed by atoms with Crippen molar-refractivity contribution >= 4 is 12.0 Å². The molecule has 0 radical (unpaired) electrons. The highest BCUT2D eigenvalue weighted by Crippen LogP contribution is 2.39. The normalized spacial score (nSPS) is 14.9. The molecule has 0 unspecified atom stereocenters. The summed E-state index contributed by atoms with van der Waals surface area (Å²) in [7, 11) is 0. The van der Waals surface area contributed by atoms with E-state index in [2.05, 4.69) is 0 Å². The van der Waals surface area contributed by atoms with Gasteiger partial charge in [0.15, 0.2) is 0 Å². The molecule has 1 aromatic rings. The van der Waals surface area contributed by atoms with Crippen molar-refractivity contribution in [2.75, 3.05) is 6.54 Å². The number of nitrogens with zero attached hydrogens (tertiary/aromatic N) is 2. The molecule has 5 nitrogen and oxygen atoms in total. The Balaban J connectivity index is 3.38. The smallest absolute Gasteiger partial charge is 0.386 e. The van der Waals surface area contributed by atoms with Crippen molar-refractivity contribution in [1.82, 2.24) is 4.90 Å². The Morgan fingerprint density at radius 2 is 1.83 bits per heavy atom. The van der Waals surface area contributed by atoms with Crippen LogP contribution in [0.5, 0.6) is 0 Å². The van der Waals surface area contributed by atoms with Gasteiger partial charge in [0.1, 0.15) is 6.04 Å². The summed E-state index contributed by atoms with van der Waals surface area (Å²) in [6.07, 6.45) is -1.48. The van der Waals surface area contributed by atoms with E-state index < -0.39 is 36.3 Å². The first-order valence-corrected chi connectivity index (χ1v) is 9.26. The van der Waals surface area contributed by atoms with Crippen molar-refractivity contribution in [2.24, 2.45) is 11.7 Å². The zero-order valence-corrected chi connectivity index (χ0v) is 17.1. The molecule has 8 heteroatoms. The van der Waals surface area contributed by atoms with Crippen LogP contribution in [0.2, 0.25) is 0 Å². The van der Waals surface area contributed by atoms with Gasteiger partial charge in [-0.2, -0.15) is 18.4 Å². The van der Waals surface area contributed by atoms with Crippen molar-refractivity contribution in [2.45, 2.75) is 58.0 Å². The summed E-state index contributed by atoms with van der Waals surface area (Å²) < 4.78 is 42.0. The van der Waals surface area contributed by atoms with Gasteiger partial charge in [0.05, 0.1) is 24.3 Å². The van der Waals surface area contributed by atoms with Gasteiger partial charge in [0.25, 0.3) is 0 Å². The summed E-state index contributed by atoms with van der Waals surface area (Å²) in [6, 6.07) is 3.94. The average molecular weight is 411 g/mol. The summed E-state index contributed by atoms with van der Waals surface area (Å²) in [4.78, 5) is 12.7. The molecular formula is C21H28F3N3O2. The molecule has 1 aromatic carbocycles. The van der Waals surface area contributed by atoms with E-state index in [0.29, 0.717) is 5.56 Å². The third kappa shape index (κ3) is 7.87. The lowest BCUT2D eigenvalue weighted by Gasteiger charge is -2.37. The molecule has 160 valence electrons. The maximum absolute atomic E-state index is 14.0. The quantitative estimate of drug-likeness (QED) is 0.605. The Labute approximate surface area is 169 Å². The Hall–Kier alpha value is -2.37. The minimum absolute atomic E-state index is 0.0862. The third-order valence-corrected chi connectivity index (χ3v) is 4.25. The van der Waals surface area contributed by atoms with Crippen LogP contribution in [0.25, 0.3) is 6.08 Å². The van der Waals surface area contributed by atoms with E-state index in [1.54, 1.807) is 39.8 Å². The summed E-state index contributed by atoms with van der Waals surface area (Å²) in [5.41, 5.74) is 4.85. The second-order valence-electron chi connectivity index (χ2n) is 7.98. The van der Waals surface area contributed by atoms with Crippen LogP contribution in [0.1, 0.15) is 51.3 Å². The average Bonchev–Trinajstić information content (AvgIpc) is 2.56. The Morgan fingerprint density at radius 3 is 2.21 bits per heavy atom. The largest absolute Gasteiger partial charge is 0.408 e. The van der Waals surface area contributed by atoms with Crippen molar-refractivity contribution < 1.29 is 23.1 Å². The predicted molar refractivity (Wildman–Crippen MR) is 105 cm³/mol. The highest BCUT2D eigenvalue weighted by atomic mass is 19.4. The summed E-state index contributed by atoms with van der Waals surface area (Å²) in [5, 5.41) is 18.8. The first kappa shape index (κ1) is 24.7. The first-order chi connectivity index (χ1) is 13.3. The summed E-state index contributed by atoms with van der Waals surface area (Å²) >= 11 is 0. The maximum Gasteiger partial charge on any atom is 0.408 e. The fourth-order valence-electron chi connectivity index (χ4n) is 2.98. The molecule has 0 bridgehead atoms. The van der Waals surface area contributed by atoms with Crippen LogP contribution >= 0.6 is 0 Å². The number of hydrogen-bond donors (Lipinski definition) is 2. The molecule has 0 aliphatic carbocycles. The van der Waals surface area contributed by atoms with Gasteiger partial charge in [-0.15, -0.1) is 0 Å². The molecule has 0 saturated carbocycles. The molecule has 0 heterocycles. The number of nitriles is 1. The molecule has 0 saturated heterocycles. The van der Waals surface area contributed by atoms with Gasteiger partial charge >= 0.3 is 6.18 Å². The molecule has 2 atom stereocenters. The van der Waals surface area contributed by atoms with Crippen LogP contribution in [-0.2, 0) is 4.79 Å². The van der Waals surface area contributed by atoms with Gasteiger partial charge in [-0.25, -0.2) is 0 Å². The predicted octanol–water partition coefficient (Wildman–Crippen LogP) is 3.80. The van der Waals surface area contributed by atoms with E-state index in [4.69, 9.17) is 11.0 Å². The fraction of sp³-hybridized carbons (Fsp3) is 0.524. The molecule has 0 spiro atoms. The molecule has 0 aliphatic heterocycles. The molecule has 0 fully saturated rings. The van der Waals surface area contributed by atoms with Crippen molar-refractivity contribution in [3.05, 3.63) is 41.5 Å². The van der Waals surface area contributed by atoms with Gasteiger partial charge < -0.3 is 10.8 Å². The van der Waals surface area contributed by atoms with Crippen molar-refractivity contribution in [3.8, 4) is 6.07 Å². The third-order valence-electron chi connectivity index (χ3n) is 4.25.